The molecule has 0 spiro atoms. The molecule has 4 heteroatoms. The summed E-state index contributed by atoms with van der Waals surface area (Å²) >= 11 is 1.65. The maximum atomic E-state index is 9.06. The van der Waals surface area contributed by atoms with Gasteiger partial charge >= 0.3 is 0 Å². The number of hydrogen-bond acceptors (Lipinski definition) is 4. The van der Waals surface area contributed by atoms with Crippen LogP contribution in [0.5, 0.6) is 5.88 Å². The normalized spacial score (nSPS) is 10.4. The Bertz CT molecular complexity index is 454. The number of aryl methyl sites for hydroxylation is 1. The molecule has 0 bridgehead atoms. The van der Waals surface area contributed by atoms with Gasteiger partial charge in [-0.2, -0.15) is 0 Å². The van der Waals surface area contributed by atoms with Crippen molar-refractivity contribution in [2.24, 2.45) is 0 Å². The molecule has 0 aromatic carbocycles. The summed E-state index contributed by atoms with van der Waals surface area (Å²) in [5.41, 5.74) is 1.68. The van der Waals surface area contributed by atoms with Gasteiger partial charge < -0.3 is 9.84 Å². The fourth-order valence-corrected chi connectivity index (χ4v) is 2.03. The molecule has 0 aliphatic heterocycles. The Morgan fingerprint density at radius 3 is 3.00 bits per heavy atom. The molecule has 0 unspecified atom stereocenters. The molecule has 0 radical (unpaired) electrons. The van der Waals surface area contributed by atoms with Crippen LogP contribution >= 0.6 is 11.3 Å². The maximum absolute atomic E-state index is 9.06. The Labute approximate surface area is 98.4 Å². The minimum Gasteiger partial charge on any atom is -0.472 e. The Morgan fingerprint density at radius 2 is 2.31 bits per heavy atom. The maximum Gasteiger partial charge on any atom is 0.214 e. The number of aromatic nitrogens is 1. The van der Waals surface area contributed by atoms with E-state index in [0.29, 0.717) is 12.5 Å². The van der Waals surface area contributed by atoms with Gasteiger partial charge in [0, 0.05) is 16.6 Å². The highest BCUT2D eigenvalue weighted by Crippen LogP contribution is 2.16. The van der Waals surface area contributed by atoms with Gasteiger partial charge in [0.05, 0.1) is 6.61 Å². The van der Waals surface area contributed by atoms with E-state index in [1.165, 1.54) is 0 Å². The van der Waals surface area contributed by atoms with Crippen LogP contribution in [-0.2, 0) is 13.2 Å². The Kier molecular flexibility index (Phi) is 3.54. The second-order valence-corrected chi connectivity index (χ2v) is 4.51. The van der Waals surface area contributed by atoms with E-state index in [9.17, 15) is 0 Å². The van der Waals surface area contributed by atoms with Crippen molar-refractivity contribution in [1.82, 2.24) is 4.98 Å². The molecule has 84 valence electrons. The van der Waals surface area contributed by atoms with E-state index in [1.807, 2.05) is 30.5 Å². The van der Waals surface area contributed by atoms with Crippen molar-refractivity contribution in [2.45, 2.75) is 20.1 Å². The van der Waals surface area contributed by atoms with E-state index in [1.54, 1.807) is 17.4 Å². The average molecular weight is 235 g/mol. The van der Waals surface area contributed by atoms with Crippen LogP contribution < -0.4 is 4.74 Å². The molecular formula is C12H13NO2S. The predicted octanol–water partition coefficient (Wildman–Crippen LogP) is 2.52. The number of aliphatic hydroxyl groups excluding tert-OH is 1. The zero-order valence-corrected chi connectivity index (χ0v) is 9.83. The number of nitrogens with zero attached hydrogens (tertiary/aromatic N) is 1. The number of aliphatic hydroxyl groups is 1. The van der Waals surface area contributed by atoms with Crippen molar-refractivity contribution in [3.8, 4) is 5.88 Å². The molecular weight excluding hydrogens is 222 g/mol. The van der Waals surface area contributed by atoms with Gasteiger partial charge in [-0.05, 0) is 30.0 Å². The molecule has 3 nitrogen and oxygen atoms in total. The van der Waals surface area contributed by atoms with Crippen LogP contribution in [0, 0.1) is 6.92 Å². The average Bonchev–Trinajstić information content (AvgIpc) is 2.78. The molecule has 2 aromatic heterocycles. The van der Waals surface area contributed by atoms with E-state index in [0.717, 1.165) is 16.1 Å². The topological polar surface area (TPSA) is 42.4 Å². The molecule has 2 aromatic rings. The first-order chi connectivity index (χ1) is 7.78. The molecule has 2 rings (SSSR count). The standard InChI is InChI=1S/C12H13NO2S/c1-9-5-10(7-14)6-12(13-9)15-8-11-3-2-4-16-11/h2-6,14H,7-8H2,1H3. The van der Waals surface area contributed by atoms with Gasteiger partial charge in [-0.25, -0.2) is 4.98 Å². The van der Waals surface area contributed by atoms with E-state index in [2.05, 4.69) is 4.98 Å². The van der Waals surface area contributed by atoms with Crippen molar-refractivity contribution in [1.29, 1.82) is 0 Å². The van der Waals surface area contributed by atoms with Crippen LogP contribution in [0.4, 0.5) is 0 Å². The van der Waals surface area contributed by atoms with Crippen molar-refractivity contribution in [3.05, 3.63) is 45.8 Å². The first-order valence-corrected chi connectivity index (χ1v) is 5.89. The highest BCUT2D eigenvalue weighted by atomic mass is 32.1. The van der Waals surface area contributed by atoms with Crippen molar-refractivity contribution in [2.75, 3.05) is 0 Å². The van der Waals surface area contributed by atoms with Crippen molar-refractivity contribution >= 4 is 11.3 Å². The van der Waals surface area contributed by atoms with Crippen molar-refractivity contribution in [3.63, 3.8) is 0 Å². The lowest BCUT2D eigenvalue weighted by Gasteiger charge is -2.06. The number of pyridine rings is 1. The predicted molar refractivity (Wildman–Crippen MR) is 63.5 cm³/mol. The molecule has 2 heterocycles. The van der Waals surface area contributed by atoms with Crippen LogP contribution in [-0.4, -0.2) is 10.1 Å². The smallest absolute Gasteiger partial charge is 0.214 e. The number of hydrogen-bond donors (Lipinski definition) is 1. The Balaban J connectivity index is 2.06. The van der Waals surface area contributed by atoms with Crippen molar-refractivity contribution < 1.29 is 9.84 Å². The van der Waals surface area contributed by atoms with Gasteiger partial charge in [-0.1, -0.05) is 6.07 Å². The Hall–Kier alpha value is -1.39. The summed E-state index contributed by atoms with van der Waals surface area (Å²) in [7, 11) is 0. The summed E-state index contributed by atoms with van der Waals surface area (Å²) in [6.45, 7) is 2.43. The molecule has 0 aliphatic rings. The first kappa shape index (κ1) is 11.1. The van der Waals surface area contributed by atoms with Gasteiger partial charge in [0.2, 0.25) is 5.88 Å². The summed E-state index contributed by atoms with van der Waals surface area (Å²) in [5.74, 6) is 0.567. The molecule has 0 fully saturated rings. The van der Waals surface area contributed by atoms with Gasteiger partial charge in [0.1, 0.15) is 6.61 Å². The third-order valence-corrected chi connectivity index (χ3v) is 2.96. The van der Waals surface area contributed by atoms with E-state index in [4.69, 9.17) is 9.84 Å². The third-order valence-electron chi connectivity index (χ3n) is 2.11. The fourth-order valence-electron chi connectivity index (χ4n) is 1.41. The van der Waals surface area contributed by atoms with Crippen LogP contribution in [0.1, 0.15) is 16.1 Å². The number of thiophene rings is 1. The second-order valence-electron chi connectivity index (χ2n) is 3.48. The molecule has 1 N–H and O–H groups in total. The fraction of sp³-hybridized carbons (Fsp3) is 0.250. The molecule has 0 atom stereocenters. The lowest BCUT2D eigenvalue weighted by Crippen LogP contribution is -1.98. The zero-order chi connectivity index (χ0) is 11.4. The molecule has 16 heavy (non-hydrogen) atoms. The van der Waals surface area contributed by atoms with E-state index < -0.39 is 0 Å². The lowest BCUT2D eigenvalue weighted by atomic mass is 10.2. The van der Waals surface area contributed by atoms with Gasteiger partial charge in [-0.15, -0.1) is 11.3 Å². The summed E-state index contributed by atoms with van der Waals surface area (Å²) < 4.78 is 5.56. The largest absolute Gasteiger partial charge is 0.472 e. The molecule has 0 saturated carbocycles. The van der Waals surface area contributed by atoms with Crippen LogP contribution in [0.2, 0.25) is 0 Å². The summed E-state index contributed by atoms with van der Waals surface area (Å²) in [6.07, 6.45) is 0. The quantitative estimate of drug-likeness (QED) is 0.885. The lowest BCUT2D eigenvalue weighted by molar-refractivity contribution is 0.275. The minimum absolute atomic E-state index is 0.0126. The van der Waals surface area contributed by atoms with E-state index >= 15 is 0 Å². The van der Waals surface area contributed by atoms with E-state index in [-0.39, 0.29) is 6.61 Å². The third kappa shape index (κ3) is 2.81. The van der Waals surface area contributed by atoms with Gasteiger partial charge in [0.25, 0.3) is 0 Å². The van der Waals surface area contributed by atoms with Crippen LogP contribution in [0.15, 0.2) is 29.6 Å². The highest BCUT2D eigenvalue weighted by Gasteiger charge is 2.01. The zero-order valence-electron chi connectivity index (χ0n) is 9.01. The summed E-state index contributed by atoms with van der Waals surface area (Å²) in [4.78, 5) is 5.41. The van der Waals surface area contributed by atoms with Crippen LogP contribution in [0.3, 0.4) is 0 Å². The SMILES string of the molecule is Cc1cc(CO)cc(OCc2cccs2)n1. The molecule has 0 saturated heterocycles. The Morgan fingerprint density at radius 1 is 1.44 bits per heavy atom. The first-order valence-electron chi connectivity index (χ1n) is 5.01. The number of ether oxygens (including phenoxy) is 1. The van der Waals surface area contributed by atoms with Crippen LogP contribution in [0.25, 0.3) is 0 Å². The molecule has 0 aliphatic carbocycles. The van der Waals surface area contributed by atoms with Gasteiger partial charge in [-0.3, -0.25) is 0 Å². The summed E-state index contributed by atoms with van der Waals surface area (Å²) in [5, 5.41) is 11.1. The number of rotatable bonds is 4. The highest BCUT2D eigenvalue weighted by molar-refractivity contribution is 7.09. The summed E-state index contributed by atoms with van der Waals surface area (Å²) in [6, 6.07) is 7.62. The second kappa shape index (κ2) is 5.09. The minimum atomic E-state index is 0.0126. The van der Waals surface area contributed by atoms with Gasteiger partial charge in [0.15, 0.2) is 0 Å². The monoisotopic (exact) mass is 235 g/mol. The molecule has 0 amide bonds.